The second-order valence-electron chi connectivity index (χ2n) is 7.59. The first kappa shape index (κ1) is 25.0. The largest absolute Gasteiger partial charge is 0.496 e. The molecule has 0 spiro atoms. The third kappa shape index (κ3) is 9.62. The number of nitrogens with one attached hydrogen (secondary N) is 2. The molecule has 2 N–H and O–H groups in total. The third-order valence-corrected chi connectivity index (χ3v) is 3.88. The summed E-state index contributed by atoms with van der Waals surface area (Å²) in [6.07, 6.45) is 0.899. The van der Waals surface area contributed by atoms with Crippen LogP contribution in [0.5, 0.6) is 5.75 Å². The summed E-state index contributed by atoms with van der Waals surface area (Å²) in [6, 6.07) is 6.30. The normalized spacial score (nSPS) is 11.9. The van der Waals surface area contributed by atoms with Crippen LogP contribution in [0.15, 0.2) is 23.2 Å². The molecule has 150 valence electrons. The van der Waals surface area contributed by atoms with Gasteiger partial charge in [0.1, 0.15) is 5.75 Å². The van der Waals surface area contributed by atoms with Crippen LogP contribution in [0.3, 0.4) is 0 Å². The first-order chi connectivity index (χ1) is 11.8. The number of hydrogen-bond donors (Lipinski definition) is 2. The van der Waals surface area contributed by atoms with Crippen molar-refractivity contribution in [3.8, 4) is 5.75 Å². The first-order valence-electron chi connectivity index (χ1n) is 9.08. The number of hydrogen-bond acceptors (Lipinski definition) is 3. The molecule has 0 saturated carbocycles. The Bertz CT molecular complexity index is 559. The van der Waals surface area contributed by atoms with E-state index in [2.05, 4.69) is 69.5 Å². The summed E-state index contributed by atoms with van der Waals surface area (Å²) in [4.78, 5) is 6.97. The first-order valence-corrected chi connectivity index (χ1v) is 9.08. The van der Waals surface area contributed by atoms with Crippen LogP contribution < -0.4 is 15.4 Å². The van der Waals surface area contributed by atoms with Crippen molar-refractivity contribution in [2.45, 2.75) is 34.1 Å². The van der Waals surface area contributed by atoms with Gasteiger partial charge in [-0.1, -0.05) is 31.5 Å². The predicted octanol–water partition coefficient (Wildman–Crippen LogP) is 3.31. The Morgan fingerprint density at radius 1 is 1.23 bits per heavy atom. The summed E-state index contributed by atoms with van der Waals surface area (Å²) in [7, 11) is 5.92. The summed E-state index contributed by atoms with van der Waals surface area (Å²) in [5.41, 5.74) is 2.62. The fourth-order valence-corrected chi connectivity index (χ4v) is 2.96. The molecule has 0 bridgehead atoms. The molecule has 0 aliphatic rings. The number of halogens is 1. The van der Waals surface area contributed by atoms with Gasteiger partial charge in [0.15, 0.2) is 5.96 Å². The Hall–Kier alpha value is -1.02. The zero-order chi connectivity index (χ0) is 18.9. The lowest BCUT2D eigenvalue weighted by Gasteiger charge is -2.26. The average Bonchev–Trinajstić information content (AvgIpc) is 2.51. The molecule has 1 aromatic carbocycles. The molecule has 0 saturated heterocycles. The summed E-state index contributed by atoms with van der Waals surface area (Å²) >= 11 is 0. The van der Waals surface area contributed by atoms with Gasteiger partial charge < -0.3 is 20.3 Å². The lowest BCUT2D eigenvalue weighted by atomic mass is 9.93. The standard InChI is InChI=1S/C20H36N4O.HI/c1-8-21-19(23-14-20(3,4)15-24(5)6)22-12-11-17-13-16(2)9-10-18(17)25-7;/h9-10,13H,8,11-12,14-15H2,1-7H3,(H2,21,22,23);1H. The molecular weight excluding hydrogens is 439 g/mol. The Balaban J connectivity index is 0.00000625. The smallest absolute Gasteiger partial charge is 0.191 e. The lowest BCUT2D eigenvalue weighted by molar-refractivity contribution is 0.248. The number of nitrogens with zero attached hydrogens (tertiary/aromatic N) is 2. The molecule has 0 aromatic heterocycles. The van der Waals surface area contributed by atoms with Crippen molar-refractivity contribution < 1.29 is 4.74 Å². The summed E-state index contributed by atoms with van der Waals surface area (Å²) in [6.45, 7) is 12.2. The van der Waals surface area contributed by atoms with Crippen molar-refractivity contribution >= 4 is 29.9 Å². The van der Waals surface area contributed by atoms with Gasteiger partial charge in [0.25, 0.3) is 0 Å². The van der Waals surface area contributed by atoms with Crippen LogP contribution in [0.25, 0.3) is 0 Å². The van der Waals surface area contributed by atoms with Crippen molar-refractivity contribution in [2.75, 3.05) is 47.4 Å². The molecule has 5 nitrogen and oxygen atoms in total. The van der Waals surface area contributed by atoms with E-state index in [0.29, 0.717) is 0 Å². The minimum absolute atomic E-state index is 0. The van der Waals surface area contributed by atoms with Crippen LogP contribution >= 0.6 is 24.0 Å². The van der Waals surface area contributed by atoms with Gasteiger partial charge in [0.2, 0.25) is 0 Å². The highest BCUT2D eigenvalue weighted by Crippen LogP contribution is 2.20. The fourth-order valence-electron chi connectivity index (χ4n) is 2.96. The van der Waals surface area contributed by atoms with E-state index in [4.69, 9.17) is 9.73 Å². The van der Waals surface area contributed by atoms with Crippen molar-refractivity contribution in [2.24, 2.45) is 10.4 Å². The highest BCUT2D eigenvalue weighted by atomic mass is 127. The molecule has 0 atom stereocenters. The Kier molecular flexibility index (Phi) is 11.9. The fraction of sp³-hybridized carbons (Fsp3) is 0.650. The Labute approximate surface area is 177 Å². The number of ether oxygens (including phenoxy) is 1. The lowest BCUT2D eigenvalue weighted by Crippen LogP contribution is -2.40. The second-order valence-corrected chi connectivity index (χ2v) is 7.59. The van der Waals surface area contributed by atoms with Gasteiger partial charge >= 0.3 is 0 Å². The summed E-state index contributed by atoms with van der Waals surface area (Å²) in [5.74, 6) is 1.82. The third-order valence-electron chi connectivity index (χ3n) is 3.88. The Morgan fingerprint density at radius 2 is 1.92 bits per heavy atom. The number of benzene rings is 1. The van der Waals surface area contributed by atoms with E-state index in [-0.39, 0.29) is 29.4 Å². The number of aryl methyl sites for hydroxylation is 1. The molecule has 0 unspecified atom stereocenters. The van der Waals surface area contributed by atoms with E-state index >= 15 is 0 Å². The van der Waals surface area contributed by atoms with Gasteiger partial charge in [-0.05, 0) is 51.4 Å². The van der Waals surface area contributed by atoms with E-state index in [1.165, 1.54) is 11.1 Å². The molecule has 0 aliphatic carbocycles. The van der Waals surface area contributed by atoms with Crippen LogP contribution in [-0.4, -0.2) is 58.2 Å². The van der Waals surface area contributed by atoms with E-state index < -0.39 is 0 Å². The molecule has 1 rings (SSSR count). The molecule has 0 amide bonds. The van der Waals surface area contributed by atoms with E-state index in [9.17, 15) is 0 Å². The average molecular weight is 476 g/mol. The highest BCUT2D eigenvalue weighted by molar-refractivity contribution is 14.0. The molecule has 0 fully saturated rings. The molecular formula is C20H37IN4O. The summed E-state index contributed by atoms with van der Waals surface area (Å²) < 4.78 is 5.46. The Morgan fingerprint density at radius 3 is 2.50 bits per heavy atom. The van der Waals surface area contributed by atoms with E-state index in [1.54, 1.807) is 7.11 Å². The van der Waals surface area contributed by atoms with Crippen LogP contribution in [-0.2, 0) is 6.42 Å². The van der Waals surface area contributed by atoms with Crippen LogP contribution in [0.1, 0.15) is 31.9 Å². The maximum Gasteiger partial charge on any atom is 0.191 e. The topological polar surface area (TPSA) is 48.9 Å². The van der Waals surface area contributed by atoms with Crippen molar-refractivity contribution in [3.05, 3.63) is 29.3 Å². The van der Waals surface area contributed by atoms with Gasteiger partial charge in [-0.15, -0.1) is 24.0 Å². The van der Waals surface area contributed by atoms with Crippen LogP contribution in [0.2, 0.25) is 0 Å². The maximum absolute atomic E-state index is 5.46. The maximum atomic E-state index is 5.46. The van der Waals surface area contributed by atoms with Crippen molar-refractivity contribution in [1.29, 1.82) is 0 Å². The number of guanidine groups is 1. The van der Waals surface area contributed by atoms with Crippen LogP contribution in [0, 0.1) is 12.3 Å². The van der Waals surface area contributed by atoms with Crippen molar-refractivity contribution in [1.82, 2.24) is 15.5 Å². The molecule has 0 aliphatic heterocycles. The SMILES string of the molecule is CCNC(=NCC(C)(C)CN(C)C)NCCc1cc(C)ccc1OC.I. The van der Waals surface area contributed by atoms with E-state index in [1.807, 2.05) is 6.07 Å². The molecule has 6 heteroatoms. The molecule has 1 aromatic rings. The number of rotatable bonds is 9. The van der Waals surface area contributed by atoms with E-state index in [0.717, 1.165) is 44.3 Å². The second kappa shape index (κ2) is 12.4. The van der Waals surface area contributed by atoms with Crippen molar-refractivity contribution in [3.63, 3.8) is 0 Å². The summed E-state index contributed by atoms with van der Waals surface area (Å²) in [5, 5.41) is 6.76. The highest BCUT2D eigenvalue weighted by Gasteiger charge is 2.18. The minimum Gasteiger partial charge on any atom is -0.496 e. The zero-order valence-electron chi connectivity index (χ0n) is 17.5. The quantitative estimate of drug-likeness (QED) is 0.326. The minimum atomic E-state index is 0. The van der Waals surface area contributed by atoms with Gasteiger partial charge in [-0.25, -0.2) is 0 Å². The molecule has 0 heterocycles. The van der Waals surface area contributed by atoms with Gasteiger partial charge in [-0.2, -0.15) is 0 Å². The van der Waals surface area contributed by atoms with Gasteiger partial charge in [-0.3, -0.25) is 4.99 Å². The molecule has 26 heavy (non-hydrogen) atoms. The molecule has 0 radical (unpaired) electrons. The van der Waals surface area contributed by atoms with Crippen LogP contribution in [0.4, 0.5) is 0 Å². The van der Waals surface area contributed by atoms with Gasteiger partial charge in [0, 0.05) is 26.2 Å². The number of methoxy groups -OCH3 is 1. The predicted molar refractivity (Wildman–Crippen MR) is 123 cm³/mol. The number of aliphatic imine (C=N–C) groups is 1. The monoisotopic (exact) mass is 476 g/mol. The zero-order valence-corrected chi connectivity index (χ0v) is 19.8. The van der Waals surface area contributed by atoms with Gasteiger partial charge in [0.05, 0.1) is 7.11 Å².